The van der Waals surface area contributed by atoms with E-state index in [4.69, 9.17) is 9.84 Å². The van der Waals surface area contributed by atoms with Crippen LogP contribution in [0.3, 0.4) is 0 Å². The van der Waals surface area contributed by atoms with Gasteiger partial charge in [0.2, 0.25) is 0 Å². The Morgan fingerprint density at radius 1 is 1.14 bits per heavy atom. The topological polar surface area (TPSA) is 41.5 Å². The summed E-state index contributed by atoms with van der Waals surface area (Å²) in [7, 11) is 1.69. The molecule has 2 N–H and O–H groups in total. The molecule has 0 fully saturated rings. The van der Waals surface area contributed by atoms with Crippen molar-refractivity contribution in [2.45, 2.75) is 52.0 Å². The van der Waals surface area contributed by atoms with E-state index in [1.807, 2.05) is 12.1 Å². The second kappa shape index (κ2) is 10.6. The molecule has 21 heavy (non-hydrogen) atoms. The van der Waals surface area contributed by atoms with Gasteiger partial charge in [0.05, 0.1) is 7.11 Å². The van der Waals surface area contributed by atoms with Gasteiger partial charge in [0, 0.05) is 12.6 Å². The number of hydrogen-bond acceptors (Lipinski definition) is 3. The standard InChI is InChI=1S/C18H31NO2/c1-4-5-17(12-13-20)14-19-15(2)6-7-16-8-10-18(21-3)11-9-16/h8-11,15,17,19-20H,4-7,12-14H2,1-3H3. The molecule has 2 unspecified atom stereocenters. The van der Waals surface area contributed by atoms with E-state index in [0.29, 0.717) is 18.6 Å². The van der Waals surface area contributed by atoms with Gasteiger partial charge in [-0.25, -0.2) is 0 Å². The molecule has 3 nitrogen and oxygen atoms in total. The van der Waals surface area contributed by atoms with Gasteiger partial charge >= 0.3 is 0 Å². The van der Waals surface area contributed by atoms with Gasteiger partial charge in [-0.05, 0) is 62.8 Å². The minimum absolute atomic E-state index is 0.298. The number of ether oxygens (including phenoxy) is 1. The Hall–Kier alpha value is -1.06. The van der Waals surface area contributed by atoms with Gasteiger partial charge < -0.3 is 15.2 Å². The third-order valence-corrected chi connectivity index (χ3v) is 4.01. The number of aryl methyl sites for hydroxylation is 1. The summed E-state index contributed by atoms with van der Waals surface area (Å²) in [4.78, 5) is 0. The van der Waals surface area contributed by atoms with Crippen molar-refractivity contribution in [1.29, 1.82) is 0 Å². The summed E-state index contributed by atoms with van der Waals surface area (Å²) in [5.74, 6) is 1.51. The fourth-order valence-corrected chi connectivity index (χ4v) is 2.58. The second-order valence-electron chi connectivity index (χ2n) is 5.86. The summed E-state index contributed by atoms with van der Waals surface area (Å²) < 4.78 is 5.17. The normalized spacial score (nSPS) is 13.9. The van der Waals surface area contributed by atoms with Crippen LogP contribution in [0.2, 0.25) is 0 Å². The molecule has 0 aliphatic carbocycles. The quantitative estimate of drug-likeness (QED) is 0.657. The summed E-state index contributed by atoms with van der Waals surface area (Å²) in [6.07, 6.45) is 5.50. The van der Waals surface area contributed by atoms with Crippen molar-refractivity contribution < 1.29 is 9.84 Å². The van der Waals surface area contributed by atoms with Crippen LogP contribution in [-0.2, 0) is 6.42 Å². The van der Waals surface area contributed by atoms with E-state index >= 15 is 0 Å². The predicted molar refractivity (Wildman–Crippen MR) is 88.9 cm³/mol. The maximum atomic E-state index is 9.09. The molecule has 0 heterocycles. The van der Waals surface area contributed by atoms with E-state index in [1.54, 1.807) is 7.11 Å². The Balaban J connectivity index is 2.27. The highest BCUT2D eigenvalue weighted by Crippen LogP contribution is 2.14. The average Bonchev–Trinajstić information content (AvgIpc) is 2.51. The molecule has 0 aromatic heterocycles. The Morgan fingerprint density at radius 3 is 2.43 bits per heavy atom. The van der Waals surface area contributed by atoms with Crippen LogP contribution in [0, 0.1) is 5.92 Å². The summed E-state index contributed by atoms with van der Waals surface area (Å²) in [6, 6.07) is 8.82. The molecule has 120 valence electrons. The van der Waals surface area contributed by atoms with Crippen molar-refractivity contribution in [1.82, 2.24) is 5.32 Å². The smallest absolute Gasteiger partial charge is 0.118 e. The lowest BCUT2D eigenvalue weighted by atomic mass is 9.99. The molecule has 0 spiro atoms. The number of rotatable bonds is 11. The van der Waals surface area contributed by atoms with Crippen molar-refractivity contribution in [3.05, 3.63) is 29.8 Å². The van der Waals surface area contributed by atoms with Crippen LogP contribution in [0.5, 0.6) is 5.75 Å². The van der Waals surface area contributed by atoms with E-state index in [2.05, 4.69) is 31.3 Å². The molecular formula is C18H31NO2. The van der Waals surface area contributed by atoms with Crippen LogP contribution in [0.4, 0.5) is 0 Å². The second-order valence-corrected chi connectivity index (χ2v) is 5.86. The fraction of sp³-hybridized carbons (Fsp3) is 0.667. The van der Waals surface area contributed by atoms with Crippen molar-refractivity contribution >= 4 is 0 Å². The van der Waals surface area contributed by atoms with E-state index in [9.17, 15) is 0 Å². The molecule has 0 aliphatic rings. The number of aliphatic hydroxyl groups is 1. The highest BCUT2D eigenvalue weighted by Gasteiger charge is 2.09. The first-order valence-electron chi connectivity index (χ1n) is 8.16. The van der Waals surface area contributed by atoms with Crippen molar-refractivity contribution in [2.75, 3.05) is 20.3 Å². The monoisotopic (exact) mass is 293 g/mol. The number of methoxy groups -OCH3 is 1. The summed E-state index contributed by atoms with van der Waals surface area (Å²) >= 11 is 0. The third-order valence-electron chi connectivity index (χ3n) is 4.01. The number of hydrogen-bond donors (Lipinski definition) is 2. The lowest BCUT2D eigenvalue weighted by molar-refractivity contribution is 0.245. The van der Waals surface area contributed by atoms with Gasteiger partial charge in [-0.2, -0.15) is 0 Å². The Morgan fingerprint density at radius 2 is 1.86 bits per heavy atom. The number of benzene rings is 1. The van der Waals surface area contributed by atoms with Crippen molar-refractivity contribution in [3.8, 4) is 5.75 Å². The SMILES string of the molecule is CCCC(CCO)CNC(C)CCc1ccc(OC)cc1. The lowest BCUT2D eigenvalue weighted by Gasteiger charge is -2.20. The van der Waals surface area contributed by atoms with Crippen molar-refractivity contribution in [3.63, 3.8) is 0 Å². The van der Waals surface area contributed by atoms with E-state index in [1.165, 1.54) is 18.4 Å². The summed E-state index contributed by atoms with van der Waals surface area (Å²) in [5, 5.41) is 12.7. The van der Waals surface area contributed by atoms with Gasteiger partial charge in [-0.3, -0.25) is 0 Å². The van der Waals surface area contributed by atoms with Crippen LogP contribution in [0.25, 0.3) is 0 Å². The molecule has 0 saturated heterocycles. The molecule has 0 bridgehead atoms. The minimum Gasteiger partial charge on any atom is -0.497 e. The first kappa shape index (κ1) is 18.0. The fourth-order valence-electron chi connectivity index (χ4n) is 2.58. The van der Waals surface area contributed by atoms with Gasteiger partial charge in [0.25, 0.3) is 0 Å². The van der Waals surface area contributed by atoms with Gasteiger partial charge in [0.15, 0.2) is 0 Å². The summed E-state index contributed by atoms with van der Waals surface area (Å²) in [6.45, 7) is 5.76. The highest BCUT2D eigenvalue weighted by atomic mass is 16.5. The zero-order chi connectivity index (χ0) is 15.5. The summed E-state index contributed by atoms with van der Waals surface area (Å²) in [5.41, 5.74) is 1.35. The third kappa shape index (κ3) is 7.49. The van der Waals surface area contributed by atoms with Gasteiger partial charge in [0.1, 0.15) is 5.75 Å². The molecule has 1 aromatic rings. The maximum absolute atomic E-state index is 9.09. The van der Waals surface area contributed by atoms with Crippen LogP contribution in [-0.4, -0.2) is 31.4 Å². The molecule has 0 amide bonds. The minimum atomic E-state index is 0.298. The van der Waals surface area contributed by atoms with Gasteiger partial charge in [-0.1, -0.05) is 25.5 Å². The first-order valence-corrected chi connectivity index (χ1v) is 8.16. The number of aliphatic hydroxyl groups excluding tert-OH is 1. The van der Waals surface area contributed by atoms with E-state index in [-0.39, 0.29) is 0 Å². The zero-order valence-corrected chi connectivity index (χ0v) is 13.8. The largest absolute Gasteiger partial charge is 0.497 e. The Kier molecular flexibility index (Phi) is 9.11. The highest BCUT2D eigenvalue weighted by molar-refractivity contribution is 5.27. The molecule has 0 saturated carbocycles. The molecule has 3 heteroatoms. The Bertz CT molecular complexity index is 358. The molecule has 2 atom stereocenters. The average molecular weight is 293 g/mol. The van der Waals surface area contributed by atoms with E-state index in [0.717, 1.165) is 31.6 Å². The van der Waals surface area contributed by atoms with Crippen LogP contribution in [0.1, 0.15) is 45.1 Å². The Labute approximate surface area is 129 Å². The first-order chi connectivity index (χ1) is 10.2. The molecular weight excluding hydrogens is 262 g/mol. The van der Waals surface area contributed by atoms with Crippen LogP contribution < -0.4 is 10.1 Å². The zero-order valence-electron chi connectivity index (χ0n) is 13.8. The predicted octanol–water partition coefficient (Wildman–Crippen LogP) is 3.40. The molecule has 0 aliphatic heterocycles. The van der Waals surface area contributed by atoms with Crippen LogP contribution in [0.15, 0.2) is 24.3 Å². The lowest BCUT2D eigenvalue weighted by Crippen LogP contribution is -2.32. The van der Waals surface area contributed by atoms with E-state index < -0.39 is 0 Å². The maximum Gasteiger partial charge on any atom is 0.118 e. The molecule has 1 rings (SSSR count). The van der Waals surface area contributed by atoms with Gasteiger partial charge in [-0.15, -0.1) is 0 Å². The molecule has 1 aromatic carbocycles. The number of nitrogens with one attached hydrogen (secondary N) is 1. The van der Waals surface area contributed by atoms with Crippen LogP contribution >= 0.6 is 0 Å². The van der Waals surface area contributed by atoms with Crippen molar-refractivity contribution in [2.24, 2.45) is 5.92 Å². The molecule has 0 radical (unpaired) electrons.